The average Bonchev–Trinajstić information content (AvgIpc) is 2.93. The van der Waals surface area contributed by atoms with Crippen LogP contribution in [0.4, 0.5) is 0 Å². The highest BCUT2D eigenvalue weighted by atomic mass is 32.2. The molecule has 23 heavy (non-hydrogen) atoms. The lowest BCUT2D eigenvalue weighted by molar-refractivity contribution is -0.120. The van der Waals surface area contributed by atoms with Crippen molar-refractivity contribution in [3.63, 3.8) is 0 Å². The standard InChI is InChI=1S/C16H23N5OS/c1-6-16(4,5)17-13(22)10-23-15-18-19-20-21(15)14-11(2)8-7-9-12(14)3/h7-9H,6,10H2,1-5H3,(H,17,22). The third kappa shape index (κ3) is 4.31. The summed E-state index contributed by atoms with van der Waals surface area (Å²) in [6.07, 6.45) is 0.879. The lowest BCUT2D eigenvalue weighted by Gasteiger charge is -2.24. The number of thioether (sulfide) groups is 1. The van der Waals surface area contributed by atoms with E-state index in [0.717, 1.165) is 23.2 Å². The zero-order valence-corrected chi connectivity index (χ0v) is 15.1. The molecule has 0 atom stereocenters. The molecule has 0 aliphatic heterocycles. The Labute approximate surface area is 141 Å². The van der Waals surface area contributed by atoms with Gasteiger partial charge in [-0.3, -0.25) is 4.79 Å². The Kier molecular flexibility index (Phi) is 5.41. The highest BCUT2D eigenvalue weighted by Gasteiger charge is 2.19. The Bertz CT molecular complexity index is 675. The van der Waals surface area contributed by atoms with E-state index in [4.69, 9.17) is 0 Å². The molecule has 0 bridgehead atoms. The fourth-order valence-corrected chi connectivity index (χ4v) is 2.86. The molecule has 0 spiro atoms. The number of hydrogen-bond acceptors (Lipinski definition) is 5. The van der Waals surface area contributed by atoms with Crippen LogP contribution in [0, 0.1) is 13.8 Å². The number of para-hydroxylation sites is 1. The molecule has 1 N–H and O–H groups in total. The van der Waals surface area contributed by atoms with Gasteiger partial charge >= 0.3 is 0 Å². The molecule has 2 aromatic rings. The van der Waals surface area contributed by atoms with Crippen molar-refractivity contribution in [3.8, 4) is 5.69 Å². The van der Waals surface area contributed by atoms with Gasteiger partial charge in [-0.1, -0.05) is 36.9 Å². The van der Waals surface area contributed by atoms with Crippen molar-refractivity contribution in [3.05, 3.63) is 29.3 Å². The average molecular weight is 333 g/mol. The van der Waals surface area contributed by atoms with E-state index in [2.05, 4.69) is 27.8 Å². The molecule has 7 heteroatoms. The van der Waals surface area contributed by atoms with E-state index in [-0.39, 0.29) is 17.2 Å². The lowest BCUT2D eigenvalue weighted by Crippen LogP contribution is -2.43. The summed E-state index contributed by atoms with van der Waals surface area (Å²) in [7, 11) is 0. The van der Waals surface area contributed by atoms with Crippen LogP contribution in [0.2, 0.25) is 0 Å². The summed E-state index contributed by atoms with van der Waals surface area (Å²) in [5.41, 5.74) is 2.96. The van der Waals surface area contributed by atoms with E-state index >= 15 is 0 Å². The van der Waals surface area contributed by atoms with Gasteiger partial charge in [0.2, 0.25) is 11.1 Å². The number of amides is 1. The van der Waals surface area contributed by atoms with Crippen LogP contribution in [0.1, 0.15) is 38.3 Å². The van der Waals surface area contributed by atoms with Gasteiger partial charge < -0.3 is 5.32 Å². The highest BCUT2D eigenvalue weighted by Crippen LogP contribution is 2.23. The summed E-state index contributed by atoms with van der Waals surface area (Å²) in [6.45, 7) is 10.1. The van der Waals surface area contributed by atoms with Crippen molar-refractivity contribution >= 4 is 17.7 Å². The summed E-state index contributed by atoms with van der Waals surface area (Å²) >= 11 is 1.34. The first-order chi connectivity index (χ1) is 10.8. The molecule has 124 valence electrons. The Morgan fingerprint density at radius 3 is 2.57 bits per heavy atom. The summed E-state index contributed by atoms with van der Waals surface area (Å²) in [5.74, 6) is 0.271. The second-order valence-electron chi connectivity index (χ2n) is 6.19. The molecule has 0 radical (unpaired) electrons. The van der Waals surface area contributed by atoms with Crippen molar-refractivity contribution < 1.29 is 4.79 Å². The summed E-state index contributed by atoms with van der Waals surface area (Å²) < 4.78 is 1.70. The topological polar surface area (TPSA) is 72.7 Å². The zero-order valence-electron chi connectivity index (χ0n) is 14.3. The van der Waals surface area contributed by atoms with E-state index in [1.54, 1.807) is 4.68 Å². The number of carbonyl (C=O) groups excluding carboxylic acids is 1. The Hall–Kier alpha value is -1.89. The maximum Gasteiger partial charge on any atom is 0.230 e. The molecule has 0 aliphatic carbocycles. The van der Waals surface area contributed by atoms with Crippen molar-refractivity contribution in [1.82, 2.24) is 25.5 Å². The number of nitrogens with zero attached hydrogens (tertiary/aromatic N) is 4. The smallest absolute Gasteiger partial charge is 0.230 e. The highest BCUT2D eigenvalue weighted by molar-refractivity contribution is 7.99. The third-order valence-corrected chi connectivity index (χ3v) is 4.71. The maximum absolute atomic E-state index is 12.1. The normalized spacial score (nSPS) is 11.5. The van der Waals surface area contributed by atoms with E-state index in [9.17, 15) is 4.79 Å². The van der Waals surface area contributed by atoms with Gasteiger partial charge in [-0.2, -0.15) is 4.68 Å². The number of aromatic nitrogens is 4. The number of tetrazole rings is 1. The molecule has 0 saturated carbocycles. The van der Waals surface area contributed by atoms with Gasteiger partial charge in [0.15, 0.2) is 0 Å². The fraction of sp³-hybridized carbons (Fsp3) is 0.500. The summed E-state index contributed by atoms with van der Waals surface area (Å²) in [5, 5.41) is 15.5. The number of aryl methyl sites for hydroxylation is 2. The number of carbonyl (C=O) groups is 1. The van der Waals surface area contributed by atoms with Gasteiger partial charge in [-0.25, -0.2) is 0 Å². The molecular formula is C16H23N5OS. The first-order valence-electron chi connectivity index (χ1n) is 7.63. The molecule has 0 aliphatic rings. The van der Waals surface area contributed by atoms with Crippen LogP contribution in [-0.2, 0) is 4.79 Å². The van der Waals surface area contributed by atoms with E-state index in [1.807, 2.05) is 45.9 Å². The first kappa shape index (κ1) is 17.5. The van der Waals surface area contributed by atoms with Gasteiger partial charge in [0, 0.05) is 5.54 Å². The molecule has 6 nitrogen and oxygen atoms in total. The monoisotopic (exact) mass is 333 g/mol. The Balaban J connectivity index is 2.12. The lowest BCUT2D eigenvalue weighted by atomic mass is 10.0. The minimum Gasteiger partial charge on any atom is -0.351 e. The quantitative estimate of drug-likeness (QED) is 0.823. The minimum atomic E-state index is -0.198. The van der Waals surface area contributed by atoms with Gasteiger partial charge in [-0.05, 0) is 55.7 Å². The number of hydrogen-bond donors (Lipinski definition) is 1. The van der Waals surface area contributed by atoms with Crippen LogP contribution < -0.4 is 5.32 Å². The van der Waals surface area contributed by atoms with Crippen LogP contribution in [-0.4, -0.2) is 37.4 Å². The minimum absolute atomic E-state index is 0.0158. The molecule has 1 aromatic carbocycles. The van der Waals surface area contributed by atoms with Gasteiger partial charge in [0.25, 0.3) is 0 Å². The second-order valence-corrected chi connectivity index (χ2v) is 7.13. The Morgan fingerprint density at radius 1 is 1.30 bits per heavy atom. The second kappa shape index (κ2) is 7.12. The molecule has 1 heterocycles. The SMILES string of the molecule is CCC(C)(C)NC(=O)CSc1nnnn1-c1c(C)cccc1C. The van der Waals surface area contributed by atoms with E-state index in [1.165, 1.54) is 11.8 Å². The Morgan fingerprint density at radius 2 is 1.96 bits per heavy atom. The molecule has 2 rings (SSSR count). The molecule has 0 saturated heterocycles. The van der Waals surface area contributed by atoms with Gasteiger partial charge in [-0.15, -0.1) is 5.10 Å². The number of nitrogens with one attached hydrogen (secondary N) is 1. The van der Waals surface area contributed by atoms with Gasteiger partial charge in [0.1, 0.15) is 0 Å². The number of benzene rings is 1. The van der Waals surface area contributed by atoms with Crippen LogP contribution >= 0.6 is 11.8 Å². The van der Waals surface area contributed by atoms with Gasteiger partial charge in [0.05, 0.1) is 11.4 Å². The predicted molar refractivity (Wildman–Crippen MR) is 91.9 cm³/mol. The fourth-order valence-electron chi connectivity index (χ4n) is 2.18. The third-order valence-electron chi connectivity index (χ3n) is 3.79. The molecular weight excluding hydrogens is 310 g/mol. The van der Waals surface area contributed by atoms with E-state index < -0.39 is 0 Å². The molecule has 1 amide bonds. The molecule has 1 aromatic heterocycles. The van der Waals surface area contributed by atoms with Crippen LogP contribution in [0.25, 0.3) is 5.69 Å². The van der Waals surface area contributed by atoms with Crippen LogP contribution in [0.3, 0.4) is 0 Å². The summed E-state index contributed by atoms with van der Waals surface area (Å²) in [4.78, 5) is 12.1. The van der Waals surface area contributed by atoms with Crippen molar-refractivity contribution in [2.45, 2.75) is 51.7 Å². The van der Waals surface area contributed by atoms with E-state index in [0.29, 0.717) is 5.16 Å². The maximum atomic E-state index is 12.1. The largest absolute Gasteiger partial charge is 0.351 e. The zero-order chi connectivity index (χ0) is 17.0. The first-order valence-corrected chi connectivity index (χ1v) is 8.61. The van der Waals surface area contributed by atoms with Crippen molar-refractivity contribution in [2.24, 2.45) is 0 Å². The molecule has 0 unspecified atom stereocenters. The van der Waals surface area contributed by atoms with Crippen molar-refractivity contribution in [2.75, 3.05) is 5.75 Å². The number of rotatable bonds is 6. The molecule has 0 fully saturated rings. The van der Waals surface area contributed by atoms with Crippen molar-refractivity contribution in [1.29, 1.82) is 0 Å². The predicted octanol–water partition coefficient (Wildman–Crippen LogP) is 2.68. The van der Waals surface area contributed by atoms with Crippen LogP contribution in [0.15, 0.2) is 23.4 Å². The van der Waals surface area contributed by atoms with Crippen LogP contribution in [0.5, 0.6) is 0 Å². The summed E-state index contributed by atoms with van der Waals surface area (Å²) in [6, 6.07) is 6.05.